The summed E-state index contributed by atoms with van der Waals surface area (Å²) >= 11 is 0. The number of piperidine rings is 1. The number of rotatable bonds is 5. The SMILES string of the molecule is CCNC(=NCCS(=O)C(C)(C)C)N1CCC(C(=O)OC)CC1. The molecule has 7 heteroatoms. The normalized spacial score (nSPS) is 18.7. The third kappa shape index (κ3) is 6.49. The number of aliphatic imine (C=N–C) groups is 1. The Bertz CT molecular complexity index is 438. The van der Waals surface area contributed by atoms with Crippen LogP contribution in [-0.2, 0) is 20.3 Å². The fraction of sp³-hybridized carbons (Fsp3) is 0.875. The fourth-order valence-corrected chi connectivity index (χ4v) is 3.33. The number of likely N-dealkylation sites (tertiary alicyclic amines) is 1. The highest BCUT2D eigenvalue weighted by molar-refractivity contribution is 7.86. The van der Waals surface area contributed by atoms with E-state index in [1.54, 1.807) is 0 Å². The van der Waals surface area contributed by atoms with Crippen molar-refractivity contribution in [2.45, 2.75) is 45.3 Å². The zero-order valence-corrected chi connectivity index (χ0v) is 15.9. The minimum Gasteiger partial charge on any atom is -0.469 e. The van der Waals surface area contributed by atoms with Crippen molar-refractivity contribution in [3.05, 3.63) is 0 Å². The van der Waals surface area contributed by atoms with Crippen LogP contribution in [0.3, 0.4) is 0 Å². The standard InChI is InChI=1S/C16H31N3O3S/c1-6-17-15(18-9-12-23(21)16(2,3)4)19-10-7-13(8-11-19)14(20)22-5/h13H,6-12H2,1-5H3,(H,17,18). The van der Waals surface area contributed by atoms with Crippen molar-refractivity contribution >= 4 is 22.7 Å². The van der Waals surface area contributed by atoms with E-state index in [1.165, 1.54) is 7.11 Å². The van der Waals surface area contributed by atoms with E-state index in [1.807, 2.05) is 27.7 Å². The predicted molar refractivity (Wildman–Crippen MR) is 95.1 cm³/mol. The first kappa shape index (κ1) is 19.9. The van der Waals surface area contributed by atoms with Crippen LogP contribution >= 0.6 is 0 Å². The molecule has 0 aromatic rings. The smallest absolute Gasteiger partial charge is 0.308 e. The van der Waals surface area contributed by atoms with Crippen molar-refractivity contribution in [1.82, 2.24) is 10.2 Å². The van der Waals surface area contributed by atoms with Gasteiger partial charge in [0.15, 0.2) is 5.96 Å². The van der Waals surface area contributed by atoms with E-state index >= 15 is 0 Å². The van der Waals surface area contributed by atoms with Gasteiger partial charge in [-0.3, -0.25) is 14.0 Å². The molecule has 0 spiro atoms. The molecular formula is C16H31N3O3S. The molecule has 1 saturated heterocycles. The van der Waals surface area contributed by atoms with Crippen LogP contribution < -0.4 is 5.32 Å². The molecule has 0 aromatic heterocycles. The molecule has 1 unspecified atom stereocenters. The monoisotopic (exact) mass is 345 g/mol. The molecule has 0 radical (unpaired) electrons. The van der Waals surface area contributed by atoms with Gasteiger partial charge in [-0.15, -0.1) is 0 Å². The summed E-state index contributed by atoms with van der Waals surface area (Å²) < 4.78 is 16.7. The zero-order chi connectivity index (χ0) is 17.5. The molecule has 6 nitrogen and oxygen atoms in total. The van der Waals surface area contributed by atoms with Crippen molar-refractivity contribution in [3.8, 4) is 0 Å². The van der Waals surface area contributed by atoms with Gasteiger partial charge in [0.2, 0.25) is 0 Å². The first-order valence-electron chi connectivity index (χ1n) is 8.29. The number of nitrogens with zero attached hydrogens (tertiary/aromatic N) is 2. The molecule has 1 fully saturated rings. The molecule has 1 rings (SSSR count). The van der Waals surface area contributed by atoms with Crippen molar-refractivity contribution in [3.63, 3.8) is 0 Å². The molecule has 0 saturated carbocycles. The van der Waals surface area contributed by atoms with Gasteiger partial charge in [0.25, 0.3) is 0 Å². The number of hydrogen-bond acceptors (Lipinski definition) is 4. The van der Waals surface area contributed by atoms with E-state index in [2.05, 4.69) is 15.2 Å². The Morgan fingerprint density at radius 1 is 1.35 bits per heavy atom. The van der Waals surface area contributed by atoms with E-state index in [0.717, 1.165) is 38.4 Å². The maximum Gasteiger partial charge on any atom is 0.308 e. The van der Waals surface area contributed by atoms with E-state index in [9.17, 15) is 9.00 Å². The fourth-order valence-electron chi connectivity index (χ4n) is 2.46. The third-order valence-corrected chi connectivity index (χ3v) is 5.80. The summed E-state index contributed by atoms with van der Waals surface area (Å²) in [6, 6.07) is 0. The lowest BCUT2D eigenvalue weighted by atomic mass is 9.97. The van der Waals surface area contributed by atoms with Gasteiger partial charge in [-0.2, -0.15) is 0 Å². The molecule has 1 heterocycles. The van der Waals surface area contributed by atoms with Crippen LogP contribution in [0.25, 0.3) is 0 Å². The van der Waals surface area contributed by atoms with Crippen LogP contribution in [0.4, 0.5) is 0 Å². The van der Waals surface area contributed by atoms with Crippen LogP contribution in [0, 0.1) is 5.92 Å². The average molecular weight is 346 g/mol. The summed E-state index contributed by atoms with van der Waals surface area (Å²) in [7, 11) is 0.550. The maximum absolute atomic E-state index is 12.1. The summed E-state index contributed by atoms with van der Waals surface area (Å²) in [6.45, 7) is 10.9. The largest absolute Gasteiger partial charge is 0.469 e. The van der Waals surface area contributed by atoms with Crippen LogP contribution in [0.15, 0.2) is 4.99 Å². The Balaban J connectivity index is 2.56. The summed E-state index contributed by atoms with van der Waals surface area (Å²) in [5.41, 5.74) is 0. The second kappa shape index (κ2) is 9.25. The minimum atomic E-state index is -0.890. The van der Waals surface area contributed by atoms with Crippen LogP contribution in [0.2, 0.25) is 0 Å². The maximum atomic E-state index is 12.1. The molecule has 23 heavy (non-hydrogen) atoms. The molecule has 0 aliphatic carbocycles. The van der Waals surface area contributed by atoms with Crippen molar-refractivity contribution < 1.29 is 13.7 Å². The Morgan fingerprint density at radius 3 is 2.43 bits per heavy atom. The summed E-state index contributed by atoms with van der Waals surface area (Å²) in [5, 5.41) is 3.28. The first-order chi connectivity index (χ1) is 10.8. The molecule has 1 atom stereocenters. The second-order valence-electron chi connectivity index (χ2n) is 6.68. The molecule has 1 aliphatic heterocycles. The quantitative estimate of drug-likeness (QED) is 0.463. The van der Waals surface area contributed by atoms with Gasteiger partial charge < -0.3 is 15.0 Å². The van der Waals surface area contributed by atoms with Gasteiger partial charge >= 0.3 is 5.97 Å². The van der Waals surface area contributed by atoms with Crippen molar-refractivity contribution in [2.24, 2.45) is 10.9 Å². The lowest BCUT2D eigenvalue weighted by molar-refractivity contribution is -0.146. The molecule has 1 aliphatic rings. The lowest BCUT2D eigenvalue weighted by Gasteiger charge is -2.33. The number of guanidine groups is 1. The Morgan fingerprint density at radius 2 is 1.96 bits per heavy atom. The zero-order valence-electron chi connectivity index (χ0n) is 15.1. The Kier molecular flexibility index (Phi) is 8.02. The number of hydrogen-bond donors (Lipinski definition) is 1. The summed E-state index contributed by atoms with van der Waals surface area (Å²) in [5.74, 6) is 1.29. The van der Waals surface area contributed by atoms with Crippen molar-refractivity contribution in [2.75, 3.05) is 39.0 Å². The lowest BCUT2D eigenvalue weighted by Crippen LogP contribution is -2.46. The number of carbonyl (C=O) groups excluding carboxylic acids is 1. The van der Waals surface area contributed by atoms with E-state index in [4.69, 9.17) is 4.74 Å². The van der Waals surface area contributed by atoms with E-state index in [0.29, 0.717) is 12.3 Å². The van der Waals surface area contributed by atoms with Crippen LogP contribution in [0.5, 0.6) is 0 Å². The highest BCUT2D eigenvalue weighted by atomic mass is 32.2. The molecule has 0 aromatic carbocycles. The first-order valence-corrected chi connectivity index (χ1v) is 9.61. The molecule has 134 valence electrons. The summed E-state index contributed by atoms with van der Waals surface area (Å²) in [6.07, 6.45) is 1.57. The predicted octanol–water partition coefficient (Wildman–Crippen LogP) is 1.38. The molecular weight excluding hydrogens is 314 g/mol. The van der Waals surface area contributed by atoms with Crippen molar-refractivity contribution in [1.29, 1.82) is 0 Å². The minimum absolute atomic E-state index is 0.00693. The third-order valence-electron chi connectivity index (χ3n) is 3.89. The number of methoxy groups -OCH3 is 1. The Hall–Kier alpha value is -1.11. The molecule has 0 amide bonds. The van der Waals surface area contributed by atoms with Crippen LogP contribution in [-0.4, -0.2) is 64.8 Å². The Labute approximate surface area is 142 Å². The second-order valence-corrected chi connectivity index (χ2v) is 9.01. The highest BCUT2D eigenvalue weighted by Crippen LogP contribution is 2.18. The molecule has 0 bridgehead atoms. The van der Waals surface area contributed by atoms with Gasteiger partial charge in [0, 0.05) is 40.9 Å². The number of ether oxygens (including phenoxy) is 1. The van der Waals surface area contributed by atoms with Gasteiger partial charge in [-0.1, -0.05) is 0 Å². The van der Waals surface area contributed by atoms with Gasteiger partial charge in [0.05, 0.1) is 19.6 Å². The van der Waals surface area contributed by atoms with Gasteiger partial charge in [0.1, 0.15) is 0 Å². The number of nitrogens with one attached hydrogen (secondary N) is 1. The van der Waals surface area contributed by atoms with Gasteiger partial charge in [-0.25, -0.2) is 0 Å². The number of carbonyl (C=O) groups is 1. The number of esters is 1. The van der Waals surface area contributed by atoms with Crippen LogP contribution in [0.1, 0.15) is 40.5 Å². The molecule has 1 N–H and O–H groups in total. The highest BCUT2D eigenvalue weighted by Gasteiger charge is 2.27. The van der Waals surface area contributed by atoms with Gasteiger partial charge in [-0.05, 0) is 40.5 Å². The average Bonchev–Trinajstić information content (AvgIpc) is 2.52. The summed E-state index contributed by atoms with van der Waals surface area (Å²) in [4.78, 5) is 18.4. The topological polar surface area (TPSA) is 71.0 Å². The van der Waals surface area contributed by atoms with E-state index < -0.39 is 10.8 Å². The van der Waals surface area contributed by atoms with E-state index in [-0.39, 0.29) is 16.6 Å².